The van der Waals surface area contributed by atoms with Gasteiger partial charge in [-0.2, -0.15) is 18.2 Å². The molecule has 0 saturated heterocycles. The fourth-order valence-corrected chi connectivity index (χ4v) is 3.08. The zero-order chi connectivity index (χ0) is 24.7. The van der Waals surface area contributed by atoms with Crippen LogP contribution in [-0.2, 0) is 6.18 Å². The average Bonchev–Trinajstić information content (AvgIpc) is 2.77. The van der Waals surface area contributed by atoms with Gasteiger partial charge < -0.3 is 9.47 Å². The molecule has 0 unspecified atom stereocenters. The van der Waals surface area contributed by atoms with Crippen molar-refractivity contribution < 1.29 is 35.8 Å². The Kier molecular flexibility index (Phi) is 5.63. The van der Waals surface area contributed by atoms with Gasteiger partial charge in [-0.15, -0.1) is 13.2 Å². The Hall–Kier alpha value is -4.16. The number of alkyl halides is 6. The minimum absolute atomic E-state index is 0.0140. The zero-order valence-corrected chi connectivity index (χ0v) is 17.0. The van der Waals surface area contributed by atoms with Crippen LogP contribution in [0.4, 0.5) is 26.3 Å². The van der Waals surface area contributed by atoms with Crippen molar-refractivity contribution in [3.05, 3.63) is 70.8 Å². The third-order valence-electron chi connectivity index (χ3n) is 4.56. The summed E-state index contributed by atoms with van der Waals surface area (Å²) < 4.78 is 86.5. The smallest absolute Gasteiger partial charge is 0.497 e. The summed E-state index contributed by atoms with van der Waals surface area (Å²) in [4.78, 5) is 24.6. The van der Waals surface area contributed by atoms with Gasteiger partial charge in [0.05, 0.1) is 19.0 Å². The van der Waals surface area contributed by atoms with Crippen molar-refractivity contribution in [2.45, 2.75) is 12.5 Å². The van der Waals surface area contributed by atoms with Gasteiger partial charge in [0.1, 0.15) is 22.7 Å². The molecule has 0 N–H and O–H groups in total. The Morgan fingerprint density at radius 3 is 2.15 bits per heavy atom. The van der Waals surface area contributed by atoms with Gasteiger partial charge in [-0.3, -0.25) is 9.36 Å². The molecular formula is C21H12F6N4O3. The molecule has 4 rings (SSSR count). The molecule has 0 saturated carbocycles. The number of pyridine rings is 2. The van der Waals surface area contributed by atoms with Crippen molar-refractivity contribution in [3.63, 3.8) is 0 Å². The first-order valence-corrected chi connectivity index (χ1v) is 9.34. The number of rotatable bonds is 4. The van der Waals surface area contributed by atoms with Crippen molar-refractivity contribution >= 4 is 11.2 Å². The fourth-order valence-electron chi connectivity index (χ4n) is 3.08. The van der Waals surface area contributed by atoms with Crippen LogP contribution < -0.4 is 15.0 Å². The van der Waals surface area contributed by atoms with Crippen LogP contribution >= 0.6 is 0 Å². The number of aromatic nitrogens is 4. The Balaban J connectivity index is 1.97. The molecular weight excluding hydrogens is 470 g/mol. The number of hydrogen-bond donors (Lipinski definition) is 0. The molecule has 0 fully saturated rings. The maximum absolute atomic E-state index is 13.3. The van der Waals surface area contributed by atoms with Gasteiger partial charge in [-0.05, 0) is 42.5 Å². The Bertz CT molecular complexity index is 1400. The Morgan fingerprint density at radius 1 is 0.882 bits per heavy atom. The van der Waals surface area contributed by atoms with E-state index in [0.717, 1.165) is 29.0 Å². The number of ether oxygens (including phenoxy) is 2. The van der Waals surface area contributed by atoms with Gasteiger partial charge in [-0.25, -0.2) is 9.97 Å². The standard InChI is InChI=1S/C21H12F6N4O3/c1-33-13-5-2-11(3-6-13)17-19(32)31(12-4-8-15(28-10-12)20(22,23)24)18-14(29-17)7-9-16(30-18)34-21(25,26)27/h2-10H,1H3. The van der Waals surface area contributed by atoms with Gasteiger partial charge in [0.15, 0.2) is 5.65 Å². The average molecular weight is 482 g/mol. The predicted octanol–water partition coefficient (Wildman–Crippen LogP) is 4.77. The SMILES string of the molecule is COc1ccc(-c2nc3ccc(OC(F)(F)F)nc3n(-c3ccc(C(F)(F)F)nc3)c2=O)cc1. The summed E-state index contributed by atoms with van der Waals surface area (Å²) >= 11 is 0. The fraction of sp³-hybridized carbons (Fsp3) is 0.143. The first-order valence-electron chi connectivity index (χ1n) is 9.34. The van der Waals surface area contributed by atoms with Crippen LogP contribution in [0.25, 0.3) is 28.1 Å². The van der Waals surface area contributed by atoms with Crippen LogP contribution in [0.1, 0.15) is 5.69 Å². The van der Waals surface area contributed by atoms with E-state index >= 15 is 0 Å². The number of methoxy groups -OCH3 is 1. The van der Waals surface area contributed by atoms with E-state index in [-0.39, 0.29) is 22.5 Å². The molecule has 7 nitrogen and oxygen atoms in total. The Morgan fingerprint density at radius 2 is 1.59 bits per heavy atom. The molecule has 3 aromatic heterocycles. The zero-order valence-electron chi connectivity index (χ0n) is 17.0. The van der Waals surface area contributed by atoms with Gasteiger partial charge >= 0.3 is 12.5 Å². The van der Waals surface area contributed by atoms with Crippen molar-refractivity contribution in [2.75, 3.05) is 7.11 Å². The van der Waals surface area contributed by atoms with E-state index in [1.54, 1.807) is 12.1 Å². The lowest BCUT2D eigenvalue weighted by molar-refractivity contribution is -0.276. The summed E-state index contributed by atoms with van der Waals surface area (Å²) in [6.07, 6.45) is -9.03. The summed E-state index contributed by atoms with van der Waals surface area (Å²) in [5.74, 6) is -0.389. The second-order valence-electron chi connectivity index (χ2n) is 6.77. The van der Waals surface area contributed by atoms with Crippen LogP contribution in [0.3, 0.4) is 0 Å². The molecule has 0 bridgehead atoms. The molecule has 3 heterocycles. The van der Waals surface area contributed by atoms with Gasteiger partial charge in [0.2, 0.25) is 5.88 Å². The molecule has 176 valence electrons. The van der Waals surface area contributed by atoms with Crippen LogP contribution in [0.15, 0.2) is 59.5 Å². The summed E-state index contributed by atoms with van der Waals surface area (Å²) in [5, 5.41) is 0. The number of fused-ring (bicyclic) bond motifs is 1. The van der Waals surface area contributed by atoms with Crippen LogP contribution in [-0.4, -0.2) is 33.0 Å². The van der Waals surface area contributed by atoms with Gasteiger partial charge in [0, 0.05) is 11.6 Å². The van der Waals surface area contributed by atoms with Crippen LogP contribution in [0, 0.1) is 0 Å². The summed E-state index contributed by atoms with van der Waals surface area (Å²) in [5.41, 5.74) is -2.41. The highest BCUT2D eigenvalue weighted by Gasteiger charge is 2.33. The second-order valence-corrected chi connectivity index (χ2v) is 6.77. The van der Waals surface area contributed by atoms with E-state index in [4.69, 9.17) is 4.74 Å². The van der Waals surface area contributed by atoms with Crippen molar-refractivity contribution in [1.82, 2.24) is 19.5 Å². The molecule has 1 aromatic carbocycles. The topological polar surface area (TPSA) is 79.1 Å². The minimum Gasteiger partial charge on any atom is -0.497 e. The van der Waals surface area contributed by atoms with Crippen molar-refractivity contribution in [1.29, 1.82) is 0 Å². The molecule has 0 spiro atoms. The number of benzene rings is 1. The predicted molar refractivity (Wildman–Crippen MR) is 107 cm³/mol. The van der Waals surface area contributed by atoms with Crippen molar-refractivity contribution in [2.24, 2.45) is 0 Å². The van der Waals surface area contributed by atoms with E-state index in [9.17, 15) is 31.1 Å². The van der Waals surface area contributed by atoms with E-state index < -0.39 is 29.7 Å². The summed E-state index contributed by atoms with van der Waals surface area (Å²) in [6.45, 7) is 0. The third-order valence-corrected chi connectivity index (χ3v) is 4.56. The molecule has 0 radical (unpaired) electrons. The highest BCUT2D eigenvalue weighted by molar-refractivity contribution is 5.77. The quantitative estimate of drug-likeness (QED) is 0.390. The lowest BCUT2D eigenvalue weighted by atomic mass is 10.1. The van der Waals surface area contributed by atoms with Crippen LogP contribution in [0.5, 0.6) is 11.6 Å². The number of halogens is 6. The summed E-state index contributed by atoms with van der Waals surface area (Å²) in [7, 11) is 1.44. The minimum atomic E-state index is -5.06. The van der Waals surface area contributed by atoms with E-state index in [2.05, 4.69) is 19.7 Å². The maximum atomic E-state index is 13.3. The molecule has 0 aliphatic rings. The maximum Gasteiger partial charge on any atom is 0.574 e. The second kappa shape index (κ2) is 8.32. The highest BCUT2D eigenvalue weighted by Crippen LogP contribution is 2.29. The van der Waals surface area contributed by atoms with Gasteiger partial charge in [-0.1, -0.05) is 0 Å². The third kappa shape index (κ3) is 4.63. The molecule has 13 heteroatoms. The highest BCUT2D eigenvalue weighted by atomic mass is 19.4. The lowest BCUT2D eigenvalue weighted by Crippen LogP contribution is -2.24. The molecule has 0 aliphatic carbocycles. The van der Waals surface area contributed by atoms with Crippen LogP contribution in [0.2, 0.25) is 0 Å². The molecule has 0 atom stereocenters. The monoisotopic (exact) mass is 482 g/mol. The first kappa shape index (κ1) is 23.0. The first-order chi connectivity index (χ1) is 16.0. The molecule has 4 aromatic rings. The van der Waals surface area contributed by atoms with Crippen molar-refractivity contribution in [3.8, 4) is 28.6 Å². The summed E-state index contributed by atoms with van der Waals surface area (Å²) in [6, 6.07) is 9.80. The van der Waals surface area contributed by atoms with E-state index in [1.807, 2.05) is 0 Å². The lowest BCUT2D eigenvalue weighted by Gasteiger charge is -2.14. The largest absolute Gasteiger partial charge is 0.574 e. The normalized spacial score (nSPS) is 12.1. The van der Waals surface area contributed by atoms with Gasteiger partial charge in [0.25, 0.3) is 5.56 Å². The number of nitrogens with zero attached hydrogens (tertiary/aromatic N) is 4. The van der Waals surface area contributed by atoms with E-state index in [0.29, 0.717) is 17.4 Å². The molecule has 0 aliphatic heterocycles. The molecule has 0 amide bonds. The Labute approximate surface area is 186 Å². The number of hydrogen-bond acceptors (Lipinski definition) is 6. The molecule has 34 heavy (non-hydrogen) atoms. The van der Waals surface area contributed by atoms with E-state index in [1.165, 1.54) is 19.2 Å².